The highest BCUT2D eigenvalue weighted by molar-refractivity contribution is 6.03. The number of carbonyl (C=O) groups excluding carboxylic acids is 1. The predicted octanol–water partition coefficient (Wildman–Crippen LogP) is 4.12. The van der Waals surface area contributed by atoms with Crippen LogP contribution in [0.1, 0.15) is 18.1 Å². The summed E-state index contributed by atoms with van der Waals surface area (Å²) in [6.07, 6.45) is 0.839. The largest absolute Gasteiger partial charge is 0.326 e. The number of para-hydroxylation sites is 1. The molecule has 3 nitrogen and oxygen atoms in total. The number of urea groups is 1. The lowest BCUT2D eigenvalue weighted by molar-refractivity contribution is 0.256. The van der Waals surface area contributed by atoms with Crippen LogP contribution in [0.5, 0.6) is 0 Å². The first-order valence-corrected chi connectivity index (χ1v) is 7.00. The number of halogens is 1. The Morgan fingerprint density at radius 3 is 2.81 bits per heavy atom. The quantitative estimate of drug-likeness (QED) is 0.839. The number of hydrogen-bond donors (Lipinski definition) is 1. The number of amides is 2. The molecule has 2 aromatic rings. The van der Waals surface area contributed by atoms with Gasteiger partial charge < -0.3 is 5.32 Å². The zero-order valence-electron chi connectivity index (χ0n) is 12.1. The summed E-state index contributed by atoms with van der Waals surface area (Å²) in [6.45, 7) is 3.70. The van der Waals surface area contributed by atoms with Crippen molar-refractivity contribution in [3.63, 3.8) is 0 Å². The van der Waals surface area contributed by atoms with Crippen molar-refractivity contribution in [2.45, 2.75) is 26.3 Å². The van der Waals surface area contributed by atoms with E-state index in [1.54, 1.807) is 24.0 Å². The van der Waals surface area contributed by atoms with E-state index < -0.39 is 0 Å². The second-order valence-electron chi connectivity index (χ2n) is 5.45. The summed E-state index contributed by atoms with van der Waals surface area (Å²) < 4.78 is 13.6. The van der Waals surface area contributed by atoms with E-state index in [1.807, 2.05) is 31.2 Å². The minimum Gasteiger partial charge on any atom is -0.307 e. The molecule has 0 saturated heterocycles. The van der Waals surface area contributed by atoms with E-state index in [0.29, 0.717) is 11.3 Å². The fourth-order valence-corrected chi connectivity index (χ4v) is 2.73. The first-order valence-electron chi connectivity index (χ1n) is 7.00. The van der Waals surface area contributed by atoms with Gasteiger partial charge in [-0.2, -0.15) is 0 Å². The highest BCUT2D eigenvalue weighted by Crippen LogP contribution is 2.32. The van der Waals surface area contributed by atoms with Crippen LogP contribution < -0.4 is 10.2 Å². The topological polar surface area (TPSA) is 32.3 Å². The van der Waals surface area contributed by atoms with Crippen LogP contribution in [0.15, 0.2) is 42.5 Å². The van der Waals surface area contributed by atoms with Gasteiger partial charge in [-0.3, -0.25) is 4.90 Å². The SMILES string of the molecule is Cc1ccc(NC(=O)N2c3ccccc3CC2C)cc1F. The summed E-state index contributed by atoms with van der Waals surface area (Å²) in [5, 5.41) is 2.77. The second kappa shape index (κ2) is 5.20. The summed E-state index contributed by atoms with van der Waals surface area (Å²) in [7, 11) is 0. The van der Waals surface area contributed by atoms with Crippen molar-refractivity contribution in [3.05, 3.63) is 59.4 Å². The minimum atomic E-state index is -0.317. The molecule has 1 unspecified atom stereocenters. The summed E-state index contributed by atoms with van der Waals surface area (Å²) >= 11 is 0. The molecule has 0 aliphatic carbocycles. The molecule has 1 aliphatic rings. The van der Waals surface area contributed by atoms with Crippen molar-refractivity contribution in [2.24, 2.45) is 0 Å². The van der Waals surface area contributed by atoms with Gasteiger partial charge in [0.05, 0.1) is 0 Å². The van der Waals surface area contributed by atoms with Crippen LogP contribution in [0.3, 0.4) is 0 Å². The molecule has 1 N–H and O–H groups in total. The standard InChI is InChI=1S/C17H17FN2O/c1-11-7-8-14(10-15(11)18)19-17(21)20-12(2)9-13-5-3-4-6-16(13)20/h3-8,10,12H,9H2,1-2H3,(H,19,21). The third-order valence-corrected chi connectivity index (χ3v) is 3.85. The van der Waals surface area contributed by atoms with Crippen molar-refractivity contribution in [2.75, 3.05) is 10.2 Å². The molecular weight excluding hydrogens is 267 g/mol. The van der Waals surface area contributed by atoms with Gasteiger partial charge >= 0.3 is 6.03 Å². The summed E-state index contributed by atoms with van der Waals surface area (Å²) in [5.74, 6) is -0.317. The molecule has 108 valence electrons. The minimum absolute atomic E-state index is 0.0951. The Morgan fingerprint density at radius 1 is 1.29 bits per heavy atom. The number of carbonyl (C=O) groups is 1. The maximum atomic E-state index is 13.6. The molecular formula is C17H17FN2O. The van der Waals surface area contributed by atoms with Gasteiger partial charge in [-0.05, 0) is 49.6 Å². The van der Waals surface area contributed by atoms with Gasteiger partial charge in [-0.25, -0.2) is 9.18 Å². The molecule has 2 aromatic carbocycles. The van der Waals surface area contributed by atoms with E-state index in [2.05, 4.69) is 5.32 Å². The molecule has 4 heteroatoms. The number of fused-ring (bicyclic) bond motifs is 1. The molecule has 3 rings (SSSR count). The van der Waals surface area contributed by atoms with Crippen molar-refractivity contribution in [1.29, 1.82) is 0 Å². The summed E-state index contributed by atoms with van der Waals surface area (Å²) in [4.78, 5) is 14.2. The Balaban J connectivity index is 1.84. The van der Waals surface area contributed by atoms with Crippen molar-refractivity contribution in [1.82, 2.24) is 0 Å². The predicted molar refractivity (Wildman–Crippen MR) is 82.2 cm³/mol. The van der Waals surface area contributed by atoms with Crippen LogP contribution >= 0.6 is 0 Å². The highest BCUT2D eigenvalue weighted by Gasteiger charge is 2.30. The van der Waals surface area contributed by atoms with E-state index in [-0.39, 0.29) is 17.9 Å². The Labute approximate surface area is 123 Å². The van der Waals surface area contributed by atoms with Gasteiger partial charge in [0.2, 0.25) is 0 Å². The Bertz CT molecular complexity index is 699. The first kappa shape index (κ1) is 13.6. The first-order chi connectivity index (χ1) is 10.1. The van der Waals surface area contributed by atoms with Gasteiger partial charge in [0.15, 0.2) is 0 Å². The Hall–Kier alpha value is -2.36. The molecule has 1 aliphatic heterocycles. The van der Waals surface area contributed by atoms with Crippen LogP contribution in [0.25, 0.3) is 0 Å². The maximum Gasteiger partial charge on any atom is 0.326 e. The normalized spacial score (nSPS) is 16.7. The molecule has 1 atom stereocenters. The van der Waals surface area contributed by atoms with Crippen molar-refractivity contribution in [3.8, 4) is 0 Å². The third-order valence-electron chi connectivity index (χ3n) is 3.85. The molecule has 1 heterocycles. The van der Waals surface area contributed by atoms with Gasteiger partial charge in [-0.15, -0.1) is 0 Å². The summed E-state index contributed by atoms with van der Waals surface area (Å²) in [6, 6.07) is 12.5. The van der Waals surface area contributed by atoms with Gasteiger partial charge in [-0.1, -0.05) is 24.3 Å². The van der Waals surface area contributed by atoms with E-state index in [4.69, 9.17) is 0 Å². The molecule has 0 aromatic heterocycles. The van der Waals surface area contributed by atoms with Crippen LogP contribution in [-0.4, -0.2) is 12.1 Å². The van der Waals surface area contributed by atoms with E-state index in [1.165, 1.54) is 6.07 Å². The van der Waals surface area contributed by atoms with Crippen molar-refractivity contribution < 1.29 is 9.18 Å². The second-order valence-corrected chi connectivity index (χ2v) is 5.45. The van der Waals surface area contributed by atoms with E-state index >= 15 is 0 Å². The fraction of sp³-hybridized carbons (Fsp3) is 0.235. The highest BCUT2D eigenvalue weighted by atomic mass is 19.1. The Morgan fingerprint density at radius 2 is 2.05 bits per heavy atom. The molecule has 0 fully saturated rings. The van der Waals surface area contributed by atoms with Crippen LogP contribution in [0.2, 0.25) is 0 Å². The number of nitrogens with one attached hydrogen (secondary N) is 1. The molecule has 2 amide bonds. The lowest BCUT2D eigenvalue weighted by Crippen LogP contribution is -2.39. The van der Waals surface area contributed by atoms with Crippen LogP contribution in [0, 0.1) is 12.7 Å². The summed E-state index contributed by atoms with van der Waals surface area (Å²) in [5.41, 5.74) is 3.12. The number of aryl methyl sites for hydroxylation is 1. The fourth-order valence-electron chi connectivity index (χ4n) is 2.73. The van der Waals surface area contributed by atoms with Gasteiger partial charge in [0.25, 0.3) is 0 Å². The average Bonchev–Trinajstić information content (AvgIpc) is 2.78. The van der Waals surface area contributed by atoms with Crippen molar-refractivity contribution >= 4 is 17.4 Å². The molecule has 0 bridgehead atoms. The number of benzene rings is 2. The van der Waals surface area contributed by atoms with Gasteiger partial charge in [0, 0.05) is 17.4 Å². The monoisotopic (exact) mass is 284 g/mol. The maximum absolute atomic E-state index is 13.6. The number of anilines is 2. The van der Waals surface area contributed by atoms with Gasteiger partial charge in [0.1, 0.15) is 5.82 Å². The number of hydrogen-bond acceptors (Lipinski definition) is 1. The number of nitrogens with zero attached hydrogens (tertiary/aromatic N) is 1. The molecule has 0 saturated carbocycles. The molecule has 21 heavy (non-hydrogen) atoms. The third kappa shape index (κ3) is 2.49. The van der Waals surface area contributed by atoms with E-state index in [0.717, 1.165) is 17.7 Å². The van der Waals surface area contributed by atoms with Crippen LogP contribution in [-0.2, 0) is 6.42 Å². The zero-order valence-corrected chi connectivity index (χ0v) is 12.1. The molecule has 0 radical (unpaired) electrons. The zero-order chi connectivity index (χ0) is 15.0. The van der Waals surface area contributed by atoms with Crippen LogP contribution in [0.4, 0.5) is 20.6 Å². The Kier molecular flexibility index (Phi) is 3.37. The lowest BCUT2D eigenvalue weighted by Gasteiger charge is -2.23. The smallest absolute Gasteiger partial charge is 0.307 e. The number of rotatable bonds is 1. The molecule has 0 spiro atoms. The lowest BCUT2D eigenvalue weighted by atomic mass is 10.1. The average molecular weight is 284 g/mol. The van der Waals surface area contributed by atoms with E-state index in [9.17, 15) is 9.18 Å².